The highest BCUT2D eigenvalue weighted by molar-refractivity contribution is 7.18. The van der Waals surface area contributed by atoms with Crippen molar-refractivity contribution in [2.24, 2.45) is 5.73 Å². The zero-order valence-corrected chi connectivity index (χ0v) is 9.27. The summed E-state index contributed by atoms with van der Waals surface area (Å²) in [5.74, 6) is 0.498. The number of hydrogen-bond donors (Lipinski definition) is 1. The van der Waals surface area contributed by atoms with E-state index in [0.29, 0.717) is 12.5 Å². The van der Waals surface area contributed by atoms with E-state index in [1.165, 1.54) is 15.3 Å². The molecule has 74 valence electrons. The van der Waals surface area contributed by atoms with Crippen molar-refractivity contribution in [1.29, 1.82) is 0 Å². The molecule has 0 aliphatic rings. The SMILES string of the molecule is CC(C)c1nc2cccc(CN)c2s1. The van der Waals surface area contributed by atoms with E-state index in [2.05, 4.69) is 31.0 Å². The number of nitrogens with two attached hydrogens (primary N) is 1. The van der Waals surface area contributed by atoms with Crippen LogP contribution in [-0.4, -0.2) is 4.98 Å². The van der Waals surface area contributed by atoms with Gasteiger partial charge in [0.05, 0.1) is 15.2 Å². The van der Waals surface area contributed by atoms with E-state index < -0.39 is 0 Å². The van der Waals surface area contributed by atoms with E-state index in [4.69, 9.17) is 5.73 Å². The molecule has 1 heterocycles. The minimum atomic E-state index is 0.498. The van der Waals surface area contributed by atoms with Gasteiger partial charge in [0, 0.05) is 12.5 Å². The number of hydrogen-bond acceptors (Lipinski definition) is 3. The van der Waals surface area contributed by atoms with Gasteiger partial charge in [0.25, 0.3) is 0 Å². The normalized spacial score (nSPS) is 11.4. The molecule has 0 radical (unpaired) electrons. The van der Waals surface area contributed by atoms with Crippen molar-refractivity contribution in [3.05, 3.63) is 28.8 Å². The molecule has 0 amide bonds. The Balaban J connectivity index is 2.64. The topological polar surface area (TPSA) is 38.9 Å². The molecule has 2 nitrogen and oxygen atoms in total. The van der Waals surface area contributed by atoms with Crippen molar-refractivity contribution in [1.82, 2.24) is 4.98 Å². The van der Waals surface area contributed by atoms with Gasteiger partial charge in [0.1, 0.15) is 0 Å². The predicted octanol–water partition coefficient (Wildman–Crippen LogP) is 2.88. The third-order valence-electron chi connectivity index (χ3n) is 2.23. The summed E-state index contributed by atoms with van der Waals surface area (Å²) in [5.41, 5.74) is 7.97. The number of aromatic nitrogens is 1. The lowest BCUT2D eigenvalue weighted by atomic mass is 10.2. The monoisotopic (exact) mass is 206 g/mol. The van der Waals surface area contributed by atoms with Crippen LogP contribution in [0.4, 0.5) is 0 Å². The largest absolute Gasteiger partial charge is 0.326 e. The molecule has 0 spiro atoms. The fraction of sp³-hybridized carbons (Fsp3) is 0.364. The average Bonchev–Trinajstić information content (AvgIpc) is 2.60. The second-order valence-electron chi connectivity index (χ2n) is 3.68. The van der Waals surface area contributed by atoms with Gasteiger partial charge in [-0.3, -0.25) is 0 Å². The summed E-state index contributed by atoms with van der Waals surface area (Å²) in [6.45, 7) is 4.93. The zero-order valence-electron chi connectivity index (χ0n) is 8.45. The van der Waals surface area contributed by atoms with Crippen LogP contribution in [0.15, 0.2) is 18.2 Å². The molecule has 2 rings (SSSR count). The lowest BCUT2D eigenvalue weighted by Crippen LogP contribution is -1.95. The fourth-order valence-electron chi connectivity index (χ4n) is 1.43. The lowest BCUT2D eigenvalue weighted by molar-refractivity contribution is 0.857. The summed E-state index contributed by atoms with van der Waals surface area (Å²) in [4.78, 5) is 4.58. The summed E-state index contributed by atoms with van der Waals surface area (Å²) in [6, 6.07) is 6.15. The summed E-state index contributed by atoms with van der Waals surface area (Å²) in [6.07, 6.45) is 0. The number of rotatable bonds is 2. The molecule has 0 fully saturated rings. The third kappa shape index (κ3) is 1.53. The Labute approximate surface area is 87.8 Å². The second kappa shape index (κ2) is 3.67. The van der Waals surface area contributed by atoms with Crippen LogP contribution < -0.4 is 5.73 Å². The average molecular weight is 206 g/mol. The Hall–Kier alpha value is -0.930. The van der Waals surface area contributed by atoms with Crippen molar-refractivity contribution < 1.29 is 0 Å². The van der Waals surface area contributed by atoms with Crippen molar-refractivity contribution in [3.63, 3.8) is 0 Å². The van der Waals surface area contributed by atoms with Crippen LogP contribution >= 0.6 is 11.3 Å². The molecule has 2 N–H and O–H groups in total. The number of benzene rings is 1. The van der Waals surface area contributed by atoms with E-state index in [0.717, 1.165) is 5.52 Å². The van der Waals surface area contributed by atoms with Crippen LogP contribution in [0, 0.1) is 0 Å². The maximum absolute atomic E-state index is 5.68. The van der Waals surface area contributed by atoms with Gasteiger partial charge in [-0.25, -0.2) is 4.98 Å². The van der Waals surface area contributed by atoms with Crippen LogP contribution in [0.1, 0.15) is 30.3 Å². The number of thiazole rings is 1. The van der Waals surface area contributed by atoms with Crippen molar-refractivity contribution in [2.75, 3.05) is 0 Å². The molecule has 2 aromatic rings. The molecule has 1 aromatic carbocycles. The van der Waals surface area contributed by atoms with Crippen LogP contribution in [0.5, 0.6) is 0 Å². The molecule has 0 saturated carbocycles. The first-order valence-corrected chi connectivity index (χ1v) is 5.62. The molecule has 0 aliphatic heterocycles. The summed E-state index contributed by atoms with van der Waals surface area (Å²) >= 11 is 1.77. The molecular weight excluding hydrogens is 192 g/mol. The van der Waals surface area contributed by atoms with Crippen LogP contribution in [0.3, 0.4) is 0 Å². The molecule has 14 heavy (non-hydrogen) atoms. The smallest absolute Gasteiger partial charge is 0.0964 e. The van der Waals surface area contributed by atoms with Crippen molar-refractivity contribution in [3.8, 4) is 0 Å². The molecule has 3 heteroatoms. The zero-order chi connectivity index (χ0) is 10.1. The molecule has 0 aliphatic carbocycles. The molecule has 0 atom stereocenters. The quantitative estimate of drug-likeness (QED) is 0.820. The highest BCUT2D eigenvalue weighted by atomic mass is 32.1. The highest BCUT2D eigenvalue weighted by Crippen LogP contribution is 2.29. The van der Waals surface area contributed by atoms with E-state index in [1.807, 2.05) is 6.07 Å². The minimum absolute atomic E-state index is 0.498. The predicted molar refractivity (Wildman–Crippen MR) is 61.6 cm³/mol. The van der Waals surface area contributed by atoms with Crippen molar-refractivity contribution in [2.45, 2.75) is 26.3 Å². The first-order chi connectivity index (χ1) is 6.72. The van der Waals surface area contributed by atoms with Gasteiger partial charge in [-0.15, -0.1) is 11.3 Å². The Morgan fingerprint density at radius 3 is 2.86 bits per heavy atom. The van der Waals surface area contributed by atoms with E-state index >= 15 is 0 Å². The Morgan fingerprint density at radius 2 is 2.21 bits per heavy atom. The maximum atomic E-state index is 5.68. The van der Waals surface area contributed by atoms with Gasteiger partial charge in [0.2, 0.25) is 0 Å². The van der Waals surface area contributed by atoms with Gasteiger partial charge in [0.15, 0.2) is 0 Å². The van der Waals surface area contributed by atoms with Gasteiger partial charge in [-0.05, 0) is 11.6 Å². The van der Waals surface area contributed by atoms with Gasteiger partial charge in [-0.1, -0.05) is 26.0 Å². The van der Waals surface area contributed by atoms with Crippen LogP contribution in [0.2, 0.25) is 0 Å². The molecule has 0 unspecified atom stereocenters. The maximum Gasteiger partial charge on any atom is 0.0964 e. The lowest BCUT2D eigenvalue weighted by Gasteiger charge is -1.96. The minimum Gasteiger partial charge on any atom is -0.326 e. The third-order valence-corrected chi connectivity index (χ3v) is 3.67. The van der Waals surface area contributed by atoms with Gasteiger partial charge < -0.3 is 5.73 Å². The Bertz CT molecular complexity index is 445. The summed E-state index contributed by atoms with van der Waals surface area (Å²) in [5, 5.41) is 1.20. The highest BCUT2D eigenvalue weighted by Gasteiger charge is 2.09. The Kier molecular flexibility index (Phi) is 2.52. The first kappa shape index (κ1) is 9.62. The summed E-state index contributed by atoms with van der Waals surface area (Å²) < 4.78 is 1.25. The van der Waals surface area contributed by atoms with Gasteiger partial charge >= 0.3 is 0 Å². The molecule has 0 saturated heterocycles. The van der Waals surface area contributed by atoms with Gasteiger partial charge in [-0.2, -0.15) is 0 Å². The van der Waals surface area contributed by atoms with E-state index in [9.17, 15) is 0 Å². The second-order valence-corrected chi connectivity index (χ2v) is 4.71. The molecule has 1 aromatic heterocycles. The Morgan fingerprint density at radius 1 is 1.43 bits per heavy atom. The van der Waals surface area contributed by atoms with E-state index in [1.54, 1.807) is 11.3 Å². The number of nitrogens with zero attached hydrogens (tertiary/aromatic N) is 1. The summed E-state index contributed by atoms with van der Waals surface area (Å²) in [7, 11) is 0. The first-order valence-electron chi connectivity index (χ1n) is 4.80. The molecular formula is C11H14N2S. The van der Waals surface area contributed by atoms with Crippen LogP contribution in [0.25, 0.3) is 10.2 Å². The van der Waals surface area contributed by atoms with Crippen LogP contribution in [-0.2, 0) is 6.54 Å². The number of fused-ring (bicyclic) bond motifs is 1. The standard InChI is InChI=1S/C11H14N2S/c1-7(2)11-13-9-5-3-4-8(6-12)10(9)14-11/h3-5,7H,6,12H2,1-2H3. The van der Waals surface area contributed by atoms with E-state index in [-0.39, 0.29) is 0 Å². The van der Waals surface area contributed by atoms with Crippen molar-refractivity contribution >= 4 is 21.6 Å². The fourth-order valence-corrected chi connectivity index (χ4v) is 2.52. The molecule has 0 bridgehead atoms.